The van der Waals surface area contributed by atoms with Gasteiger partial charge in [-0.25, -0.2) is 0 Å². The predicted octanol–water partition coefficient (Wildman–Crippen LogP) is 8.51. The summed E-state index contributed by atoms with van der Waals surface area (Å²) in [5, 5.41) is 0. The molecule has 3 atom stereocenters. The quantitative estimate of drug-likeness (QED) is 0.0245. The van der Waals surface area contributed by atoms with Gasteiger partial charge in [0.05, 0.1) is 27.1 Å². The van der Waals surface area contributed by atoms with Crippen LogP contribution in [-0.4, -0.2) is 53.8 Å². The molecule has 0 aromatic carbocycles. The summed E-state index contributed by atoms with van der Waals surface area (Å²) in [7, 11) is -0.240. The van der Waals surface area contributed by atoms with E-state index in [-0.39, 0.29) is 18.1 Å². The van der Waals surface area contributed by atoms with Crippen LogP contribution < -0.4 is 0 Å². The fraction of sp³-hybridized carbons (Fsp3) is 0.929. The third-order valence-electron chi connectivity index (χ3n) is 6.10. The van der Waals surface area contributed by atoms with Crippen LogP contribution in [0, 0.1) is 0 Å². The van der Waals surface area contributed by atoms with E-state index in [0.717, 1.165) is 50.6 Å². The second kappa shape index (κ2) is 27.9. The van der Waals surface area contributed by atoms with Crippen LogP contribution in [0.4, 0.5) is 0 Å². The van der Waals surface area contributed by atoms with Crippen LogP contribution in [0.25, 0.3) is 0 Å². The van der Waals surface area contributed by atoms with E-state index in [4.69, 9.17) is 16.3 Å². The monoisotopic (exact) mass is 547 g/mol. The molecule has 0 aromatic heterocycles. The van der Waals surface area contributed by atoms with Crippen molar-refractivity contribution in [2.24, 2.45) is 4.99 Å². The first-order valence-electron chi connectivity index (χ1n) is 15.5. The van der Waals surface area contributed by atoms with E-state index >= 15 is 0 Å². The molecule has 0 aliphatic heterocycles. The first-order valence-corrected chi connectivity index (χ1v) is 16.8. The Hall–Kier alpha value is -0.0951. The first-order chi connectivity index (χ1) is 18.4. The Morgan fingerprint density at radius 3 is 2.17 bits per heavy atom. The molecule has 0 rings (SSSR count). The molecule has 1 unspecified atom stereocenters. The summed E-state index contributed by atoms with van der Waals surface area (Å²) in [6.45, 7) is 9.62. The summed E-state index contributed by atoms with van der Waals surface area (Å²) in [4.78, 5) is 17.1. The lowest BCUT2D eigenvalue weighted by Gasteiger charge is -2.19. The molecule has 36 heavy (non-hydrogen) atoms. The molecule has 0 aliphatic carbocycles. The van der Waals surface area contributed by atoms with Crippen LogP contribution in [-0.2, 0) is 18.5 Å². The van der Waals surface area contributed by atoms with Gasteiger partial charge in [-0.3, -0.25) is 9.79 Å². The maximum absolute atomic E-state index is 12.5. The standard InChI is InChI=1S/C28H56BNO4PS/c1-5-7-9-11-12-13-14-16-18-20-28(31)34-27(19-17-15-10-8-6-2)21-22-32-23-26(30-25(3)4)24-33-36-35-29/h26-27,29,35H,5-24H2,1-4H3/t26-,27-,35?/m1/s1/i29T,35D. The SMILES string of the molecule is [2H]P([B][3H])SOC[C@@H](COCC[C@@H](CCCCCCC)OC(=O)CCCCCCCCCCC)N=C(C)C. The zero-order chi connectivity index (χ0) is 28.3. The largest absolute Gasteiger partial charge is 0.462 e. The lowest BCUT2D eigenvalue weighted by atomic mass is 10.1. The van der Waals surface area contributed by atoms with Gasteiger partial charge >= 0.3 is 5.97 Å². The molecule has 5 nitrogen and oxygen atoms in total. The normalized spacial score (nSPS) is 14.4. The highest BCUT2D eigenvalue weighted by Crippen LogP contribution is 2.24. The van der Waals surface area contributed by atoms with Crippen molar-refractivity contribution in [2.45, 2.75) is 149 Å². The van der Waals surface area contributed by atoms with Crippen LogP contribution in [0.3, 0.4) is 0 Å². The Bertz CT molecular complexity index is 577. The highest BCUT2D eigenvalue weighted by Gasteiger charge is 2.15. The van der Waals surface area contributed by atoms with E-state index in [1.165, 1.54) is 70.6 Å². The molecule has 0 saturated heterocycles. The van der Waals surface area contributed by atoms with Crippen LogP contribution in [0.1, 0.15) is 137 Å². The number of unbranched alkanes of at least 4 members (excludes halogenated alkanes) is 12. The Morgan fingerprint density at radius 2 is 1.56 bits per heavy atom. The minimum absolute atomic E-state index is 0.0703. The summed E-state index contributed by atoms with van der Waals surface area (Å²) in [5.41, 5.74) is 0.947. The smallest absolute Gasteiger partial charge is 0.306 e. The zero-order valence-electron chi connectivity index (χ0n) is 25.8. The number of rotatable bonds is 28. The number of hydrogen-bond acceptors (Lipinski definition) is 6. The first kappa shape index (κ1) is 32.1. The summed E-state index contributed by atoms with van der Waals surface area (Å²) < 4.78 is 32.1. The van der Waals surface area contributed by atoms with E-state index in [2.05, 4.69) is 18.8 Å². The van der Waals surface area contributed by atoms with Crippen molar-refractivity contribution in [1.82, 2.24) is 0 Å². The zero-order valence-corrected chi connectivity index (χ0v) is 25.5. The van der Waals surface area contributed by atoms with Crippen molar-refractivity contribution < 1.29 is 18.5 Å². The van der Waals surface area contributed by atoms with Gasteiger partial charge in [0, 0.05) is 30.2 Å². The van der Waals surface area contributed by atoms with Gasteiger partial charge in [0.15, 0.2) is 0 Å². The van der Waals surface area contributed by atoms with Crippen molar-refractivity contribution in [3.05, 3.63) is 0 Å². The number of ether oxygens (including phenoxy) is 2. The van der Waals surface area contributed by atoms with Crippen molar-refractivity contribution in [2.75, 3.05) is 19.8 Å². The van der Waals surface area contributed by atoms with Gasteiger partial charge in [-0.2, -0.15) is 0 Å². The second-order valence-corrected chi connectivity index (χ2v) is 11.6. The Balaban J connectivity index is 4.40. The summed E-state index contributed by atoms with van der Waals surface area (Å²) >= 11 is 1.02. The van der Waals surface area contributed by atoms with Gasteiger partial charge in [0.25, 0.3) is 0 Å². The molecule has 0 bridgehead atoms. The Morgan fingerprint density at radius 1 is 0.944 bits per heavy atom. The van der Waals surface area contributed by atoms with Gasteiger partial charge in [0.1, 0.15) is 13.6 Å². The predicted molar refractivity (Wildman–Crippen MR) is 162 cm³/mol. The average molecular weight is 548 g/mol. The molecule has 0 N–H and O–H groups in total. The topological polar surface area (TPSA) is 57.1 Å². The van der Waals surface area contributed by atoms with Crippen LogP contribution in [0.2, 0.25) is 0 Å². The highest BCUT2D eigenvalue weighted by molar-refractivity contribution is 8.53. The van der Waals surface area contributed by atoms with Gasteiger partial charge in [-0.15, -0.1) is 0 Å². The molecule has 211 valence electrons. The van der Waals surface area contributed by atoms with Crippen molar-refractivity contribution >= 4 is 38.5 Å². The summed E-state index contributed by atoms with van der Waals surface area (Å²) in [6, 6.07) is -0.150. The van der Waals surface area contributed by atoms with Crippen LogP contribution in [0.5, 0.6) is 0 Å². The molecule has 0 spiro atoms. The molecular formula is C28H56BNO4PS. The number of hydrogen-bond donors (Lipinski definition) is 0. The molecule has 0 heterocycles. The number of carbonyl (C=O) groups excluding carboxylic acids is 1. The van der Waals surface area contributed by atoms with Gasteiger partial charge in [-0.1, -0.05) is 98.5 Å². The van der Waals surface area contributed by atoms with Gasteiger partial charge < -0.3 is 13.7 Å². The van der Waals surface area contributed by atoms with Crippen molar-refractivity contribution in [3.8, 4) is 0 Å². The summed E-state index contributed by atoms with van der Waals surface area (Å²) in [5.74, 6) is -0.0703. The fourth-order valence-corrected chi connectivity index (χ4v) is 4.77. The molecule has 1 radical (unpaired) electrons. The minimum Gasteiger partial charge on any atom is -0.462 e. The van der Waals surface area contributed by atoms with Crippen LogP contribution >= 0.6 is 19.3 Å². The molecular weight excluding hydrogens is 488 g/mol. The molecule has 0 amide bonds. The molecule has 8 heteroatoms. The Kier molecular flexibility index (Phi) is 24.9. The average Bonchev–Trinajstić information content (AvgIpc) is 2.89. The van der Waals surface area contributed by atoms with E-state index in [9.17, 15) is 4.79 Å². The maximum atomic E-state index is 12.5. The molecule has 0 fully saturated rings. The number of nitrogens with zero attached hydrogens (tertiary/aromatic N) is 1. The molecule has 0 saturated carbocycles. The number of esters is 1. The van der Waals surface area contributed by atoms with Crippen molar-refractivity contribution in [3.63, 3.8) is 0 Å². The van der Waals surface area contributed by atoms with E-state index in [0.29, 0.717) is 32.7 Å². The van der Waals surface area contributed by atoms with Gasteiger partial charge in [-0.05, 0) is 34.4 Å². The molecule has 0 aliphatic rings. The highest BCUT2D eigenvalue weighted by atomic mass is 32.7. The third-order valence-corrected chi connectivity index (χ3v) is 7.01. The number of aliphatic imine (C=N–C) groups is 1. The second-order valence-electron chi connectivity index (χ2n) is 9.95. The fourth-order valence-electron chi connectivity index (χ4n) is 4.12. The van der Waals surface area contributed by atoms with Gasteiger partial charge in [0.2, 0.25) is 0 Å². The van der Waals surface area contributed by atoms with E-state index < -0.39 is 7.61 Å². The third kappa shape index (κ3) is 25.6. The number of carbonyl (C=O) groups is 1. The van der Waals surface area contributed by atoms with Crippen molar-refractivity contribution in [1.29, 1.82) is 2.61 Å². The van der Waals surface area contributed by atoms with E-state index in [1.54, 1.807) is 0 Å². The van der Waals surface area contributed by atoms with E-state index in [1.807, 2.05) is 13.8 Å². The Labute approximate surface area is 233 Å². The molecule has 0 aromatic rings. The lowest BCUT2D eigenvalue weighted by Crippen LogP contribution is -2.23. The maximum Gasteiger partial charge on any atom is 0.306 e. The van der Waals surface area contributed by atoms with Crippen LogP contribution in [0.15, 0.2) is 4.99 Å². The minimum atomic E-state index is -1.34. The lowest BCUT2D eigenvalue weighted by molar-refractivity contribution is -0.150. The summed E-state index contributed by atoms with van der Waals surface area (Å²) in [6.07, 6.45) is 19.1.